The molecule has 3 nitrogen and oxygen atoms in total. The van der Waals surface area contributed by atoms with Crippen molar-refractivity contribution in [2.45, 2.75) is 25.2 Å². The Morgan fingerprint density at radius 2 is 2.25 bits per heavy atom. The number of pyridine rings is 1. The van der Waals surface area contributed by atoms with Crippen molar-refractivity contribution in [1.29, 1.82) is 0 Å². The Labute approximate surface area is 98.1 Å². The van der Waals surface area contributed by atoms with E-state index in [9.17, 15) is 4.79 Å². The van der Waals surface area contributed by atoms with Crippen LogP contribution in [0.25, 0.3) is 5.52 Å². The highest BCUT2D eigenvalue weighted by molar-refractivity contribution is 6.30. The molecule has 0 spiro atoms. The predicted octanol–water partition coefficient (Wildman–Crippen LogP) is 3.07. The number of imidazole rings is 1. The molecule has 0 radical (unpaired) electrons. The van der Waals surface area contributed by atoms with Gasteiger partial charge in [0.2, 0.25) is 0 Å². The lowest BCUT2D eigenvalue weighted by Gasteiger charge is -2.23. The van der Waals surface area contributed by atoms with E-state index in [0.29, 0.717) is 16.6 Å². The number of fused-ring (bicyclic) bond motifs is 1. The van der Waals surface area contributed by atoms with Gasteiger partial charge in [-0.1, -0.05) is 18.0 Å². The summed E-state index contributed by atoms with van der Waals surface area (Å²) in [5.41, 5.74) is 1.36. The van der Waals surface area contributed by atoms with Gasteiger partial charge in [0, 0.05) is 12.1 Å². The molecular weight excluding hydrogens is 224 g/mol. The highest BCUT2D eigenvalue weighted by Gasteiger charge is 2.25. The molecular formula is C12H11ClN2O. The number of hydrogen-bond donors (Lipinski definition) is 0. The maximum Gasteiger partial charge on any atom is 0.170 e. The summed E-state index contributed by atoms with van der Waals surface area (Å²) < 4.78 is 1.95. The van der Waals surface area contributed by atoms with E-state index in [1.807, 2.05) is 16.7 Å². The quantitative estimate of drug-likeness (QED) is 0.749. The van der Waals surface area contributed by atoms with Crippen molar-refractivity contribution in [3.63, 3.8) is 0 Å². The van der Waals surface area contributed by atoms with E-state index in [0.717, 1.165) is 30.5 Å². The van der Waals surface area contributed by atoms with Gasteiger partial charge in [-0.2, -0.15) is 0 Å². The largest absolute Gasteiger partial charge is 0.301 e. The number of carbonyl (C=O) groups is 1. The molecule has 0 bridgehead atoms. The van der Waals surface area contributed by atoms with Crippen molar-refractivity contribution in [3.8, 4) is 0 Å². The minimum atomic E-state index is 0.486. The van der Waals surface area contributed by atoms with E-state index in [4.69, 9.17) is 11.6 Å². The average molecular weight is 235 g/mol. The predicted molar refractivity (Wildman–Crippen MR) is 62.2 cm³/mol. The van der Waals surface area contributed by atoms with E-state index in [1.165, 1.54) is 6.42 Å². The first kappa shape index (κ1) is 9.85. The Bertz CT molecular complexity index is 557. The molecule has 0 N–H and O–H groups in total. The number of carbonyl (C=O) groups excluding carboxylic acids is 1. The van der Waals surface area contributed by atoms with Gasteiger partial charge in [-0.15, -0.1) is 0 Å². The summed E-state index contributed by atoms with van der Waals surface area (Å²) in [7, 11) is 0. The van der Waals surface area contributed by atoms with Crippen LogP contribution in [0.1, 0.15) is 41.5 Å². The zero-order valence-corrected chi connectivity index (χ0v) is 9.44. The molecule has 2 aromatic rings. The molecule has 0 atom stereocenters. The maximum absolute atomic E-state index is 10.9. The van der Waals surface area contributed by atoms with Crippen LogP contribution in [-0.2, 0) is 0 Å². The molecule has 1 saturated carbocycles. The van der Waals surface area contributed by atoms with Crippen molar-refractivity contribution in [3.05, 3.63) is 34.9 Å². The summed E-state index contributed by atoms with van der Waals surface area (Å²) >= 11 is 5.97. The number of aldehydes is 1. The van der Waals surface area contributed by atoms with Gasteiger partial charge in [-0.05, 0) is 25.0 Å². The van der Waals surface area contributed by atoms with E-state index >= 15 is 0 Å². The number of aromatic nitrogens is 2. The van der Waals surface area contributed by atoms with Gasteiger partial charge >= 0.3 is 0 Å². The highest BCUT2D eigenvalue weighted by atomic mass is 35.5. The van der Waals surface area contributed by atoms with Gasteiger partial charge in [0.15, 0.2) is 6.29 Å². The van der Waals surface area contributed by atoms with Crippen LogP contribution < -0.4 is 0 Å². The fourth-order valence-corrected chi connectivity index (χ4v) is 2.31. The van der Waals surface area contributed by atoms with Crippen LogP contribution in [0, 0.1) is 0 Å². The second-order valence-electron chi connectivity index (χ2n) is 4.20. The number of halogens is 1. The lowest BCUT2D eigenvalue weighted by Crippen LogP contribution is -2.12. The van der Waals surface area contributed by atoms with E-state index in [1.54, 1.807) is 6.07 Å². The molecule has 1 aliphatic carbocycles. The average Bonchev–Trinajstić information content (AvgIpc) is 2.54. The van der Waals surface area contributed by atoms with Crippen LogP contribution in [-0.4, -0.2) is 15.7 Å². The first-order valence-corrected chi connectivity index (χ1v) is 5.80. The third-order valence-electron chi connectivity index (χ3n) is 3.24. The molecule has 0 aromatic carbocycles. The highest BCUT2D eigenvalue weighted by Crippen LogP contribution is 2.36. The Balaban J connectivity index is 2.26. The molecule has 3 rings (SSSR count). The summed E-state index contributed by atoms with van der Waals surface area (Å²) in [6.45, 7) is 0. The topological polar surface area (TPSA) is 34.4 Å². The zero-order chi connectivity index (χ0) is 11.1. The van der Waals surface area contributed by atoms with Gasteiger partial charge in [-0.3, -0.25) is 4.79 Å². The molecule has 0 saturated heterocycles. The summed E-state index contributed by atoms with van der Waals surface area (Å²) in [5, 5.41) is 0.669. The Kier molecular flexibility index (Phi) is 2.21. The van der Waals surface area contributed by atoms with Gasteiger partial charge < -0.3 is 4.40 Å². The van der Waals surface area contributed by atoms with Crippen LogP contribution in [0.4, 0.5) is 0 Å². The minimum absolute atomic E-state index is 0.486. The first-order chi connectivity index (χ1) is 7.79. The van der Waals surface area contributed by atoms with E-state index in [2.05, 4.69) is 4.98 Å². The van der Waals surface area contributed by atoms with Crippen LogP contribution in [0.3, 0.4) is 0 Å². The Morgan fingerprint density at radius 1 is 1.44 bits per heavy atom. The molecule has 4 heteroatoms. The lowest BCUT2D eigenvalue weighted by atomic mass is 9.85. The minimum Gasteiger partial charge on any atom is -0.301 e. The summed E-state index contributed by atoms with van der Waals surface area (Å²) in [6, 6.07) is 3.64. The van der Waals surface area contributed by atoms with Gasteiger partial charge in [0.05, 0.1) is 10.5 Å². The number of rotatable bonds is 2. The summed E-state index contributed by atoms with van der Waals surface area (Å²) in [4.78, 5) is 15.3. The molecule has 16 heavy (non-hydrogen) atoms. The Hall–Kier alpha value is -1.35. The third-order valence-corrected chi connectivity index (χ3v) is 3.46. The van der Waals surface area contributed by atoms with Crippen molar-refractivity contribution >= 4 is 23.4 Å². The number of nitrogens with zero attached hydrogens (tertiary/aromatic N) is 2. The third kappa shape index (κ3) is 1.35. The smallest absolute Gasteiger partial charge is 0.170 e. The molecule has 1 aliphatic rings. The second-order valence-corrected chi connectivity index (χ2v) is 4.64. The lowest BCUT2D eigenvalue weighted by molar-refractivity contribution is 0.112. The van der Waals surface area contributed by atoms with Gasteiger partial charge in [-0.25, -0.2) is 4.98 Å². The van der Waals surface area contributed by atoms with E-state index < -0.39 is 0 Å². The summed E-state index contributed by atoms with van der Waals surface area (Å²) in [6.07, 6.45) is 6.21. The SMILES string of the molecule is O=Cc1nc(C2CCC2)n2cc(Cl)ccc12. The van der Waals surface area contributed by atoms with Crippen LogP contribution in [0.5, 0.6) is 0 Å². The van der Waals surface area contributed by atoms with E-state index in [-0.39, 0.29) is 0 Å². The van der Waals surface area contributed by atoms with Gasteiger partial charge in [0.25, 0.3) is 0 Å². The number of hydrogen-bond acceptors (Lipinski definition) is 2. The van der Waals surface area contributed by atoms with Crippen molar-refractivity contribution in [2.75, 3.05) is 0 Å². The molecule has 2 heterocycles. The fraction of sp³-hybridized carbons (Fsp3) is 0.333. The van der Waals surface area contributed by atoms with Crippen LogP contribution in [0.2, 0.25) is 5.02 Å². The molecule has 82 valence electrons. The molecule has 2 aromatic heterocycles. The summed E-state index contributed by atoms with van der Waals surface area (Å²) in [5.74, 6) is 1.46. The maximum atomic E-state index is 10.9. The van der Waals surface area contributed by atoms with Crippen molar-refractivity contribution in [2.24, 2.45) is 0 Å². The standard InChI is InChI=1S/C12H11ClN2O/c13-9-4-5-11-10(7-16)14-12(15(11)6-9)8-2-1-3-8/h4-8H,1-3H2. The molecule has 0 unspecified atom stereocenters. The van der Waals surface area contributed by atoms with Crippen LogP contribution in [0.15, 0.2) is 18.3 Å². The Morgan fingerprint density at radius 3 is 2.88 bits per heavy atom. The second kappa shape index (κ2) is 3.59. The normalized spacial score (nSPS) is 16.3. The molecule has 0 aliphatic heterocycles. The first-order valence-electron chi connectivity index (χ1n) is 5.42. The van der Waals surface area contributed by atoms with Crippen molar-refractivity contribution in [1.82, 2.24) is 9.38 Å². The molecule has 0 amide bonds. The van der Waals surface area contributed by atoms with Gasteiger partial charge in [0.1, 0.15) is 11.5 Å². The molecule has 1 fully saturated rings. The van der Waals surface area contributed by atoms with Crippen LogP contribution >= 0.6 is 11.6 Å². The van der Waals surface area contributed by atoms with Crippen molar-refractivity contribution < 1.29 is 4.79 Å². The monoisotopic (exact) mass is 234 g/mol. The fourth-order valence-electron chi connectivity index (χ4n) is 2.15. The zero-order valence-electron chi connectivity index (χ0n) is 8.69.